The first-order valence-electron chi connectivity index (χ1n) is 13.9. The lowest BCUT2D eigenvalue weighted by molar-refractivity contribution is -0.140. The van der Waals surface area contributed by atoms with Gasteiger partial charge in [0.25, 0.3) is 0 Å². The molecule has 0 aromatic heterocycles. The second kappa shape index (κ2) is 14.1. The molecule has 2 amide bonds. The topological polar surface area (TPSA) is 117 Å². The van der Waals surface area contributed by atoms with Crippen LogP contribution in [0.3, 0.4) is 0 Å². The Balaban J connectivity index is 1.37. The number of methoxy groups -OCH3 is 1. The number of rotatable bonds is 14. The number of benzene rings is 2. The van der Waals surface area contributed by atoms with Crippen molar-refractivity contribution in [2.75, 3.05) is 46.5 Å². The summed E-state index contributed by atoms with van der Waals surface area (Å²) in [6, 6.07) is 13.4. The number of sulfonamides is 1. The smallest absolute Gasteiger partial charge is 0.242 e. The van der Waals surface area contributed by atoms with Gasteiger partial charge < -0.3 is 19.7 Å². The molecule has 0 spiro atoms. The van der Waals surface area contributed by atoms with Crippen LogP contribution in [0.1, 0.15) is 37.3 Å². The molecule has 1 saturated heterocycles. The van der Waals surface area contributed by atoms with E-state index in [1.165, 1.54) is 0 Å². The molecule has 0 radical (unpaired) electrons. The maximum Gasteiger partial charge on any atom is 0.242 e. The maximum absolute atomic E-state index is 13.5. The largest absolute Gasteiger partial charge is 0.497 e. The fourth-order valence-electron chi connectivity index (χ4n) is 4.54. The van der Waals surface area contributed by atoms with E-state index < -0.39 is 16.1 Å². The van der Waals surface area contributed by atoms with E-state index in [0.717, 1.165) is 43.6 Å². The van der Waals surface area contributed by atoms with Gasteiger partial charge in [-0.2, -0.15) is 0 Å². The van der Waals surface area contributed by atoms with E-state index in [4.69, 9.17) is 9.47 Å². The third kappa shape index (κ3) is 8.76. The fourth-order valence-corrected chi connectivity index (χ4v) is 5.84. The zero-order valence-electron chi connectivity index (χ0n) is 23.3. The van der Waals surface area contributed by atoms with Gasteiger partial charge in [0.2, 0.25) is 21.8 Å². The monoisotopic (exact) mass is 572 g/mol. The van der Waals surface area contributed by atoms with Gasteiger partial charge in [-0.05, 0) is 61.6 Å². The summed E-state index contributed by atoms with van der Waals surface area (Å²) in [6.45, 7) is 6.35. The van der Waals surface area contributed by atoms with Crippen molar-refractivity contribution in [3.8, 4) is 5.75 Å². The van der Waals surface area contributed by atoms with Crippen LogP contribution in [0.5, 0.6) is 5.75 Å². The van der Waals surface area contributed by atoms with Crippen molar-refractivity contribution in [2.24, 2.45) is 0 Å². The van der Waals surface area contributed by atoms with E-state index in [9.17, 15) is 18.0 Å². The summed E-state index contributed by atoms with van der Waals surface area (Å²) in [5.41, 5.74) is 1.74. The van der Waals surface area contributed by atoms with E-state index in [1.807, 2.05) is 24.3 Å². The Labute approximate surface area is 237 Å². The molecule has 2 fully saturated rings. The number of carbonyl (C=O) groups excluding carboxylic acids is 2. The molecule has 2 aliphatic rings. The summed E-state index contributed by atoms with van der Waals surface area (Å²) >= 11 is 0. The van der Waals surface area contributed by atoms with Gasteiger partial charge in [0.1, 0.15) is 11.8 Å². The Bertz CT molecular complexity index is 1230. The number of amides is 2. The zero-order chi connectivity index (χ0) is 28.5. The summed E-state index contributed by atoms with van der Waals surface area (Å²) in [5, 5.41) is 2.98. The highest BCUT2D eigenvalue weighted by Crippen LogP contribution is 2.22. The molecule has 4 rings (SSSR count). The minimum absolute atomic E-state index is 0.0394. The van der Waals surface area contributed by atoms with E-state index in [0.29, 0.717) is 31.9 Å². The average Bonchev–Trinajstić information content (AvgIpc) is 3.78. The molecule has 0 unspecified atom stereocenters. The first kappa shape index (κ1) is 30.0. The second-order valence-electron chi connectivity index (χ2n) is 10.3. The molecule has 0 bridgehead atoms. The molecule has 11 heteroatoms. The number of ether oxygens (including phenoxy) is 2. The molecule has 1 aliphatic heterocycles. The van der Waals surface area contributed by atoms with Crippen LogP contribution in [0.2, 0.25) is 0 Å². The highest BCUT2D eigenvalue weighted by molar-refractivity contribution is 7.89. The van der Waals surface area contributed by atoms with Crippen molar-refractivity contribution in [3.05, 3.63) is 59.7 Å². The Hall–Kier alpha value is -2.99. The van der Waals surface area contributed by atoms with Crippen molar-refractivity contribution in [1.82, 2.24) is 19.8 Å². The minimum Gasteiger partial charge on any atom is -0.497 e. The predicted octanol–water partition coefficient (Wildman–Crippen LogP) is 1.93. The van der Waals surface area contributed by atoms with Crippen LogP contribution in [0.25, 0.3) is 0 Å². The summed E-state index contributed by atoms with van der Waals surface area (Å²) in [4.78, 5) is 30.6. The molecule has 2 aromatic rings. The van der Waals surface area contributed by atoms with Gasteiger partial charge >= 0.3 is 0 Å². The fraction of sp³-hybridized carbons (Fsp3) is 0.517. The molecule has 10 nitrogen and oxygen atoms in total. The molecular formula is C29H40N4O6S. The van der Waals surface area contributed by atoms with Crippen molar-refractivity contribution >= 4 is 21.8 Å². The van der Waals surface area contributed by atoms with Crippen molar-refractivity contribution in [1.29, 1.82) is 0 Å². The van der Waals surface area contributed by atoms with Gasteiger partial charge in [0.15, 0.2) is 0 Å². The lowest BCUT2D eigenvalue weighted by Crippen LogP contribution is -2.49. The van der Waals surface area contributed by atoms with Crippen molar-refractivity contribution < 1.29 is 27.5 Å². The number of carbonyl (C=O) groups is 2. The molecule has 40 heavy (non-hydrogen) atoms. The third-order valence-corrected chi connectivity index (χ3v) is 8.81. The summed E-state index contributed by atoms with van der Waals surface area (Å²) < 4.78 is 38.2. The SMILES string of the molecule is COc1ccc(CN(C(=O)CCc2ccc(S(=O)(=O)NC3CC3)cc2)[C@@H](C)C(=O)NCCN2CCOCC2)cc1. The number of morpholine rings is 1. The van der Waals surface area contributed by atoms with Gasteiger partial charge in [-0.3, -0.25) is 14.5 Å². The van der Waals surface area contributed by atoms with Crippen LogP contribution < -0.4 is 14.8 Å². The zero-order valence-corrected chi connectivity index (χ0v) is 24.1. The van der Waals surface area contributed by atoms with E-state index in [-0.39, 0.29) is 35.7 Å². The molecule has 218 valence electrons. The molecule has 1 aliphatic carbocycles. The summed E-state index contributed by atoms with van der Waals surface area (Å²) in [7, 11) is -1.92. The Kier molecular flexibility index (Phi) is 10.5. The van der Waals surface area contributed by atoms with Gasteiger partial charge in [-0.1, -0.05) is 24.3 Å². The minimum atomic E-state index is -3.52. The van der Waals surface area contributed by atoms with Crippen LogP contribution in [-0.4, -0.2) is 88.6 Å². The highest BCUT2D eigenvalue weighted by atomic mass is 32.2. The lowest BCUT2D eigenvalue weighted by Gasteiger charge is -2.30. The molecule has 1 atom stereocenters. The van der Waals surface area contributed by atoms with Crippen LogP contribution in [0, 0.1) is 0 Å². The van der Waals surface area contributed by atoms with Gasteiger partial charge in [0, 0.05) is 45.2 Å². The van der Waals surface area contributed by atoms with Gasteiger partial charge in [-0.25, -0.2) is 13.1 Å². The van der Waals surface area contributed by atoms with Crippen LogP contribution in [-0.2, 0) is 37.3 Å². The van der Waals surface area contributed by atoms with Crippen LogP contribution in [0.4, 0.5) is 0 Å². The lowest BCUT2D eigenvalue weighted by atomic mass is 10.1. The number of nitrogens with zero attached hydrogens (tertiary/aromatic N) is 2. The summed E-state index contributed by atoms with van der Waals surface area (Å²) in [5.74, 6) is 0.361. The molecule has 2 aromatic carbocycles. The average molecular weight is 573 g/mol. The van der Waals surface area contributed by atoms with Gasteiger partial charge in [0.05, 0.1) is 25.2 Å². The predicted molar refractivity (Wildman–Crippen MR) is 151 cm³/mol. The Morgan fingerprint density at radius 1 is 1.05 bits per heavy atom. The molecule has 1 heterocycles. The standard InChI is InChI=1S/C29H40N4O6S/c1-22(29(35)30-15-16-32-17-19-39-20-18-32)33(21-24-3-10-26(38-2)11-4-24)28(34)14-7-23-5-12-27(13-6-23)40(36,37)31-25-8-9-25/h3-6,10-13,22,25,31H,7-9,14-21H2,1-2H3,(H,30,35)/t22-/m0/s1. The van der Waals surface area contributed by atoms with E-state index >= 15 is 0 Å². The second-order valence-corrected chi connectivity index (χ2v) is 12.0. The normalized spacial score (nSPS) is 16.8. The van der Waals surface area contributed by atoms with E-state index in [2.05, 4.69) is 14.9 Å². The molecular weight excluding hydrogens is 532 g/mol. The number of hydrogen-bond acceptors (Lipinski definition) is 7. The van der Waals surface area contributed by atoms with Crippen molar-refractivity contribution in [3.63, 3.8) is 0 Å². The third-order valence-electron chi connectivity index (χ3n) is 7.27. The Morgan fingerprint density at radius 2 is 1.70 bits per heavy atom. The quantitative estimate of drug-likeness (QED) is 0.355. The van der Waals surface area contributed by atoms with Crippen LogP contribution >= 0.6 is 0 Å². The van der Waals surface area contributed by atoms with E-state index in [1.54, 1.807) is 43.2 Å². The highest BCUT2D eigenvalue weighted by Gasteiger charge is 2.28. The first-order chi connectivity index (χ1) is 19.2. The van der Waals surface area contributed by atoms with Crippen LogP contribution in [0.15, 0.2) is 53.4 Å². The van der Waals surface area contributed by atoms with Crippen molar-refractivity contribution in [2.45, 2.75) is 56.1 Å². The first-order valence-corrected chi connectivity index (χ1v) is 15.3. The Morgan fingerprint density at radius 3 is 2.33 bits per heavy atom. The number of nitrogens with one attached hydrogen (secondary N) is 2. The maximum atomic E-state index is 13.5. The molecule has 2 N–H and O–H groups in total. The van der Waals surface area contributed by atoms with Gasteiger partial charge in [-0.15, -0.1) is 0 Å². The molecule has 1 saturated carbocycles. The summed E-state index contributed by atoms with van der Waals surface area (Å²) in [6.07, 6.45) is 2.36. The number of hydrogen-bond donors (Lipinski definition) is 2. The number of aryl methyl sites for hydroxylation is 1.